The minimum absolute atomic E-state index is 0.0380. The molecule has 0 spiro atoms. The van der Waals surface area contributed by atoms with Gasteiger partial charge in [0, 0.05) is 12.1 Å². The zero-order valence-corrected chi connectivity index (χ0v) is 11.8. The number of nitrogens with one attached hydrogen (secondary N) is 1. The molecule has 1 aromatic carbocycles. The fraction of sp³-hybridized carbons (Fsp3) is 0.500. The molecular weight excluding hydrogens is 271 g/mol. The Morgan fingerprint density at radius 3 is 2.68 bits per heavy atom. The summed E-state index contributed by atoms with van der Waals surface area (Å²) in [7, 11) is -3.58. The summed E-state index contributed by atoms with van der Waals surface area (Å²) in [5, 5.41) is 0. The Labute approximate surface area is 113 Å². The third kappa shape index (κ3) is 5.14. The number of halogens is 1. The molecule has 0 atom stereocenters. The molecular formula is C12H19FN2O3S. The standard InChI is InChI=1S/C12H19FN2O3S/c1-9(2)18-6-7-19(16,17)15-12-5-3-4-11(13)10(12)8-14/h3-5,9,15H,6-8,14H2,1-2H3. The highest BCUT2D eigenvalue weighted by Gasteiger charge is 2.14. The quantitative estimate of drug-likeness (QED) is 0.796. The molecule has 0 amide bonds. The van der Waals surface area contributed by atoms with E-state index in [-0.39, 0.29) is 36.3 Å². The summed E-state index contributed by atoms with van der Waals surface area (Å²) in [4.78, 5) is 0. The maximum atomic E-state index is 13.4. The van der Waals surface area contributed by atoms with Gasteiger partial charge in [0.15, 0.2) is 0 Å². The molecule has 0 saturated carbocycles. The fourth-order valence-electron chi connectivity index (χ4n) is 1.47. The van der Waals surface area contributed by atoms with Crippen molar-refractivity contribution in [3.05, 3.63) is 29.6 Å². The fourth-order valence-corrected chi connectivity index (χ4v) is 2.42. The summed E-state index contributed by atoms with van der Waals surface area (Å²) in [6, 6.07) is 4.14. The second-order valence-electron chi connectivity index (χ2n) is 4.31. The van der Waals surface area contributed by atoms with E-state index >= 15 is 0 Å². The van der Waals surface area contributed by atoms with Gasteiger partial charge in [-0.3, -0.25) is 4.72 Å². The molecule has 0 fully saturated rings. The van der Waals surface area contributed by atoms with Crippen LogP contribution in [0.4, 0.5) is 10.1 Å². The molecule has 0 bridgehead atoms. The zero-order valence-electron chi connectivity index (χ0n) is 11.0. The first-order valence-corrected chi connectivity index (χ1v) is 7.60. The number of hydrogen-bond acceptors (Lipinski definition) is 4. The molecule has 0 aliphatic carbocycles. The van der Waals surface area contributed by atoms with E-state index in [1.165, 1.54) is 18.2 Å². The maximum Gasteiger partial charge on any atom is 0.235 e. The summed E-state index contributed by atoms with van der Waals surface area (Å²) in [5.74, 6) is -0.716. The van der Waals surface area contributed by atoms with E-state index in [1.54, 1.807) is 0 Å². The van der Waals surface area contributed by atoms with Gasteiger partial charge in [-0.1, -0.05) is 6.07 Å². The van der Waals surface area contributed by atoms with Gasteiger partial charge in [-0.15, -0.1) is 0 Å². The van der Waals surface area contributed by atoms with Crippen LogP contribution in [0.5, 0.6) is 0 Å². The Balaban J connectivity index is 2.76. The summed E-state index contributed by atoms with van der Waals surface area (Å²) in [5.41, 5.74) is 5.73. The van der Waals surface area contributed by atoms with Crippen LogP contribution >= 0.6 is 0 Å². The molecule has 1 aromatic rings. The predicted octanol–water partition coefficient (Wildman–Crippen LogP) is 1.45. The molecule has 19 heavy (non-hydrogen) atoms. The smallest absolute Gasteiger partial charge is 0.235 e. The van der Waals surface area contributed by atoms with E-state index in [4.69, 9.17) is 10.5 Å². The summed E-state index contributed by atoms with van der Waals surface area (Å²) in [6.45, 7) is 3.64. The SMILES string of the molecule is CC(C)OCCS(=O)(=O)Nc1cccc(F)c1CN. The van der Waals surface area contributed by atoms with Gasteiger partial charge in [0.05, 0.1) is 24.2 Å². The first-order chi connectivity index (χ1) is 8.85. The average Bonchev–Trinajstić information content (AvgIpc) is 2.27. The highest BCUT2D eigenvalue weighted by atomic mass is 32.2. The number of ether oxygens (including phenoxy) is 1. The lowest BCUT2D eigenvalue weighted by Crippen LogP contribution is -2.22. The molecule has 108 valence electrons. The third-order valence-corrected chi connectivity index (χ3v) is 3.63. The molecule has 0 heterocycles. The van der Waals surface area contributed by atoms with Crippen molar-refractivity contribution >= 4 is 15.7 Å². The summed E-state index contributed by atoms with van der Waals surface area (Å²) >= 11 is 0. The summed E-state index contributed by atoms with van der Waals surface area (Å²) < 4.78 is 44.6. The average molecular weight is 290 g/mol. The number of anilines is 1. The molecule has 3 N–H and O–H groups in total. The minimum Gasteiger partial charge on any atom is -0.378 e. The van der Waals surface area contributed by atoms with Crippen molar-refractivity contribution in [1.29, 1.82) is 0 Å². The van der Waals surface area contributed by atoms with Gasteiger partial charge in [0.2, 0.25) is 10.0 Å². The molecule has 5 nitrogen and oxygen atoms in total. The van der Waals surface area contributed by atoms with Crippen molar-refractivity contribution in [2.75, 3.05) is 17.1 Å². The van der Waals surface area contributed by atoms with E-state index in [0.29, 0.717) is 0 Å². The van der Waals surface area contributed by atoms with Crippen LogP contribution < -0.4 is 10.5 Å². The van der Waals surface area contributed by atoms with Crippen LogP contribution in [0.3, 0.4) is 0 Å². The van der Waals surface area contributed by atoms with Crippen LogP contribution in [0.25, 0.3) is 0 Å². The first kappa shape index (κ1) is 15.9. The lowest BCUT2D eigenvalue weighted by atomic mass is 10.2. The lowest BCUT2D eigenvalue weighted by Gasteiger charge is -2.13. The van der Waals surface area contributed by atoms with Gasteiger partial charge >= 0.3 is 0 Å². The molecule has 0 saturated heterocycles. The second-order valence-corrected chi connectivity index (χ2v) is 6.15. The van der Waals surface area contributed by atoms with Gasteiger partial charge < -0.3 is 10.5 Å². The predicted molar refractivity (Wildman–Crippen MR) is 72.8 cm³/mol. The summed E-state index contributed by atoms with van der Waals surface area (Å²) in [6.07, 6.45) is -0.0380. The highest BCUT2D eigenvalue weighted by molar-refractivity contribution is 7.92. The highest BCUT2D eigenvalue weighted by Crippen LogP contribution is 2.19. The van der Waals surface area contributed by atoms with Gasteiger partial charge in [0.1, 0.15) is 5.82 Å². The van der Waals surface area contributed by atoms with Crippen LogP contribution in [-0.4, -0.2) is 26.9 Å². The zero-order chi connectivity index (χ0) is 14.5. The van der Waals surface area contributed by atoms with Gasteiger partial charge in [-0.2, -0.15) is 0 Å². The normalized spacial score (nSPS) is 11.8. The topological polar surface area (TPSA) is 81.4 Å². The van der Waals surface area contributed by atoms with E-state index in [1.807, 2.05) is 13.8 Å². The third-order valence-electron chi connectivity index (χ3n) is 2.39. The second kappa shape index (κ2) is 6.83. The van der Waals surface area contributed by atoms with Crippen molar-refractivity contribution in [3.63, 3.8) is 0 Å². The van der Waals surface area contributed by atoms with E-state index < -0.39 is 15.8 Å². The van der Waals surface area contributed by atoms with E-state index in [9.17, 15) is 12.8 Å². The molecule has 0 aliphatic rings. The number of sulfonamides is 1. The van der Waals surface area contributed by atoms with E-state index in [0.717, 1.165) is 0 Å². The van der Waals surface area contributed by atoms with Crippen LogP contribution in [0.1, 0.15) is 19.4 Å². The molecule has 1 rings (SSSR count). The van der Waals surface area contributed by atoms with Crippen LogP contribution in [-0.2, 0) is 21.3 Å². The Hall–Kier alpha value is -1.18. The van der Waals surface area contributed by atoms with Crippen molar-refractivity contribution in [2.24, 2.45) is 5.73 Å². The minimum atomic E-state index is -3.58. The van der Waals surface area contributed by atoms with E-state index in [2.05, 4.69) is 4.72 Å². The molecule has 0 unspecified atom stereocenters. The van der Waals surface area contributed by atoms with Crippen molar-refractivity contribution in [3.8, 4) is 0 Å². The molecule has 0 radical (unpaired) electrons. The van der Waals surface area contributed by atoms with Gasteiger partial charge in [-0.25, -0.2) is 12.8 Å². The molecule has 0 aliphatic heterocycles. The Morgan fingerprint density at radius 2 is 2.11 bits per heavy atom. The molecule has 7 heteroatoms. The monoisotopic (exact) mass is 290 g/mol. The number of nitrogens with two attached hydrogens (primary N) is 1. The lowest BCUT2D eigenvalue weighted by molar-refractivity contribution is 0.0913. The van der Waals surface area contributed by atoms with Crippen LogP contribution in [0, 0.1) is 5.82 Å². The maximum absolute atomic E-state index is 13.4. The van der Waals surface area contributed by atoms with Crippen molar-refractivity contribution in [1.82, 2.24) is 0 Å². The Kier molecular flexibility index (Phi) is 5.71. The number of benzene rings is 1. The van der Waals surface area contributed by atoms with Crippen molar-refractivity contribution in [2.45, 2.75) is 26.5 Å². The van der Waals surface area contributed by atoms with Crippen molar-refractivity contribution < 1.29 is 17.5 Å². The van der Waals surface area contributed by atoms with Gasteiger partial charge in [-0.05, 0) is 26.0 Å². The number of hydrogen-bond donors (Lipinski definition) is 2. The number of rotatable bonds is 7. The first-order valence-electron chi connectivity index (χ1n) is 5.95. The Bertz CT molecular complexity index is 518. The molecule has 0 aromatic heterocycles. The van der Waals surface area contributed by atoms with Gasteiger partial charge in [0.25, 0.3) is 0 Å². The van der Waals surface area contributed by atoms with Crippen LogP contribution in [0.15, 0.2) is 18.2 Å². The largest absolute Gasteiger partial charge is 0.378 e. The van der Waals surface area contributed by atoms with Crippen LogP contribution in [0.2, 0.25) is 0 Å². The Morgan fingerprint density at radius 1 is 1.42 bits per heavy atom.